The number of amides is 2. The Hall–Kier alpha value is -3.20. The summed E-state index contributed by atoms with van der Waals surface area (Å²) in [6, 6.07) is 10.4. The zero-order valence-corrected chi connectivity index (χ0v) is 20.0. The van der Waals surface area contributed by atoms with Gasteiger partial charge in [-0.3, -0.25) is 9.69 Å². The van der Waals surface area contributed by atoms with Crippen LogP contribution in [0.25, 0.3) is 5.57 Å². The zero-order chi connectivity index (χ0) is 23.5. The zero-order valence-electron chi connectivity index (χ0n) is 18.4. The maximum absolute atomic E-state index is 13.5. The summed E-state index contributed by atoms with van der Waals surface area (Å²) < 4.78 is 16.5. The van der Waals surface area contributed by atoms with Gasteiger partial charge in [-0.2, -0.15) is 0 Å². The highest BCUT2D eigenvalue weighted by atomic mass is 79.9. The predicted octanol–water partition coefficient (Wildman–Crippen LogP) is 4.62. The molecule has 0 radical (unpaired) electrons. The predicted molar refractivity (Wildman–Crippen MR) is 128 cm³/mol. The molecule has 9 heteroatoms. The third-order valence-corrected chi connectivity index (χ3v) is 6.36. The molecule has 33 heavy (non-hydrogen) atoms. The number of hydrogen-bond donors (Lipinski definition) is 1. The van der Waals surface area contributed by atoms with Crippen molar-refractivity contribution in [1.82, 2.24) is 4.90 Å². The molecule has 0 bridgehead atoms. The van der Waals surface area contributed by atoms with Gasteiger partial charge in [0.25, 0.3) is 5.91 Å². The summed E-state index contributed by atoms with van der Waals surface area (Å²) in [5.74, 6) is 1.27. The van der Waals surface area contributed by atoms with Crippen molar-refractivity contribution in [3.8, 4) is 17.2 Å². The minimum Gasteiger partial charge on any atom is -0.497 e. The summed E-state index contributed by atoms with van der Waals surface area (Å²) in [6.07, 6.45) is 2.01. The Labute approximate surface area is 200 Å². The number of ether oxygens (including phenoxy) is 3. The van der Waals surface area contributed by atoms with E-state index in [0.29, 0.717) is 30.2 Å². The van der Waals surface area contributed by atoms with E-state index in [-0.39, 0.29) is 24.1 Å². The largest absolute Gasteiger partial charge is 0.497 e. The highest BCUT2D eigenvalue weighted by Crippen LogP contribution is 2.41. The first-order valence-corrected chi connectivity index (χ1v) is 11.7. The van der Waals surface area contributed by atoms with E-state index >= 15 is 0 Å². The minimum absolute atomic E-state index is 0.150. The van der Waals surface area contributed by atoms with E-state index in [0.717, 1.165) is 28.6 Å². The van der Waals surface area contributed by atoms with Crippen molar-refractivity contribution in [2.75, 3.05) is 37.6 Å². The average Bonchev–Trinajstić information content (AvgIpc) is 3.21. The van der Waals surface area contributed by atoms with Crippen LogP contribution in [0.4, 0.5) is 10.5 Å². The van der Waals surface area contributed by atoms with Crippen LogP contribution in [0.1, 0.15) is 28.8 Å². The molecule has 0 saturated carbocycles. The fourth-order valence-corrected chi connectivity index (χ4v) is 4.36. The number of anilines is 1. The van der Waals surface area contributed by atoms with Gasteiger partial charge in [-0.05, 0) is 42.2 Å². The van der Waals surface area contributed by atoms with E-state index in [4.69, 9.17) is 14.2 Å². The van der Waals surface area contributed by atoms with Crippen molar-refractivity contribution in [1.29, 1.82) is 0 Å². The van der Waals surface area contributed by atoms with E-state index in [1.165, 1.54) is 12.0 Å². The molecule has 0 aromatic heterocycles. The van der Waals surface area contributed by atoms with Crippen LogP contribution in [-0.4, -0.2) is 60.8 Å². The lowest BCUT2D eigenvalue weighted by Crippen LogP contribution is -2.40. The Morgan fingerprint density at radius 1 is 1.15 bits per heavy atom. The Morgan fingerprint density at radius 2 is 1.91 bits per heavy atom. The molecule has 1 atom stereocenters. The quantitative estimate of drug-likeness (QED) is 0.426. The lowest BCUT2D eigenvalue weighted by molar-refractivity contribution is 0.0794. The van der Waals surface area contributed by atoms with Gasteiger partial charge in [0.15, 0.2) is 11.5 Å². The molecule has 0 spiro atoms. The van der Waals surface area contributed by atoms with Crippen molar-refractivity contribution in [3.05, 3.63) is 53.7 Å². The Kier molecular flexibility index (Phi) is 6.78. The summed E-state index contributed by atoms with van der Waals surface area (Å²) in [7, 11) is 3.10. The SMILES string of the molecule is COc1ccc(C2=CN3C(=O)c4cc(OC)c(OCCCBr)cc4N(C(=O)O)CC3C2)cc1. The summed E-state index contributed by atoms with van der Waals surface area (Å²) in [5, 5.41) is 10.8. The molecule has 0 aliphatic carbocycles. The number of hydrogen-bond acceptors (Lipinski definition) is 5. The van der Waals surface area contributed by atoms with E-state index in [2.05, 4.69) is 15.9 Å². The topological polar surface area (TPSA) is 88.5 Å². The molecule has 1 N–H and O–H groups in total. The smallest absolute Gasteiger partial charge is 0.411 e. The molecule has 174 valence electrons. The second-order valence-electron chi connectivity index (χ2n) is 7.76. The fraction of sp³-hybridized carbons (Fsp3) is 0.333. The third kappa shape index (κ3) is 4.50. The van der Waals surface area contributed by atoms with Gasteiger partial charge in [0.05, 0.1) is 44.7 Å². The normalized spacial score (nSPS) is 17.1. The third-order valence-electron chi connectivity index (χ3n) is 5.80. The maximum Gasteiger partial charge on any atom is 0.411 e. The summed E-state index contributed by atoms with van der Waals surface area (Å²) in [5.41, 5.74) is 2.49. The Bertz CT molecular complexity index is 1090. The molecule has 2 aliphatic rings. The number of carbonyl (C=O) groups is 2. The second kappa shape index (κ2) is 9.74. The summed E-state index contributed by atoms with van der Waals surface area (Å²) >= 11 is 3.36. The van der Waals surface area contributed by atoms with Gasteiger partial charge in [-0.15, -0.1) is 0 Å². The summed E-state index contributed by atoms with van der Waals surface area (Å²) in [4.78, 5) is 28.6. The molecule has 2 amide bonds. The molecule has 2 aliphatic heterocycles. The number of alkyl halides is 1. The highest BCUT2D eigenvalue weighted by molar-refractivity contribution is 9.09. The first kappa shape index (κ1) is 23.0. The van der Waals surface area contributed by atoms with Crippen LogP contribution in [0.2, 0.25) is 0 Å². The molecule has 2 aromatic rings. The van der Waals surface area contributed by atoms with Crippen LogP contribution in [0, 0.1) is 0 Å². The van der Waals surface area contributed by atoms with Crippen LogP contribution in [0.5, 0.6) is 17.2 Å². The lowest BCUT2D eigenvalue weighted by Gasteiger charge is -2.24. The maximum atomic E-state index is 13.5. The van der Waals surface area contributed by atoms with Crippen molar-refractivity contribution in [2.45, 2.75) is 18.9 Å². The van der Waals surface area contributed by atoms with Gasteiger partial charge in [0.1, 0.15) is 5.75 Å². The number of carboxylic acid groups (broad SMARTS) is 1. The van der Waals surface area contributed by atoms with Gasteiger partial charge in [-0.25, -0.2) is 4.79 Å². The van der Waals surface area contributed by atoms with Gasteiger partial charge >= 0.3 is 6.09 Å². The van der Waals surface area contributed by atoms with E-state index < -0.39 is 6.09 Å². The number of benzene rings is 2. The Balaban J connectivity index is 1.72. The van der Waals surface area contributed by atoms with E-state index in [1.54, 1.807) is 24.1 Å². The molecule has 0 saturated heterocycles. The highest BCUT2D eigenvalue weighted by Gasteiger charge is 2.39. The van der Waals surface area contributed by atoms with Gasteiger partial charge < -0.3 is 24.2 Å². The number of methoxy groups -OCH3 is 2. The first-order valence-electron chi connectivity index (χ1n) is 10.6. The van der Waals surface area contributed by atoms with Crippen LogP contribution >= 0.6 is 15.9 Å². The standard InChI is InChI=1S/C24H25BrN2O6/c1-31-18-6-4-15(5-7-18)16-10-17-14-27(24(29)30)20-12-22(33-9-3-8-25)21(32-2)11-19(20)23(28)26(17)13-16/h4-7,11-13,17H,3,8-10,14H2,1-2H3,(H,29,30). The van der Waals surface area contributed by atoms with Gasteiger partial charge in [-0.1, -0.05) is 28.1 Å². The number of fused-ring (bicyclic) bond motifs is 2. The number of nitrogens with zero attached hydrogens (tertiary/aromatic N) is 2. The van der Waals surface area contributed by atoms with Crippen molar-refractivity contribution < 1.29 is 28.9 Å². The first-order chi connectivity index (χ1) is 16.0. The average molecular weight is 517 g/mol. The van der Waals surface area contributed by atoms with Crippen LogP contribution in [-0.2, 0) is 0 Å². The molecule has 8 nitrogen and oxygen atoms in total. The fourth-order valence-electron chi connectivity index (χ4n) is 4.13. The number of carbonyl (C=O) groups excluding carboxylic acids is 1. The number of rotatable bonds is 7. The molecule has 2 aromatic carbocycles. The van der Waals surface area contributed by atoms with Crippen LogP contribution in [0.3, 0.4) is 0 Å². The van der Waals surface area contributed by atoms with Crippen LogP contribution in [0.15, 0.2) is 42.6 Å². The summed E-state index contributed by atoms with van der Waals surface area (Å²) in [6.45, 7) is 0.585. The molecule has 1 unspecified atom stereocenters. The minimum atomic E-state index is -1.12. The lowest BCUT2D eigenvalue weighted by atomic mass is 10.0. The second-order valence-corrected chi connectivity index (χ2v) is 8.55. The van der Waals surface area contributed by atoms with Crippen molar-refractivity contribution >= 4 is 39.2 Å². The molecule has 0 fully saturated rings. The van der Waals surface area contributed by atoms with Crippen molar-refractivity contribution in [3.63, 3.8) is 0 Å². The van der Waals surface area contributed by atoms with Gasteiger partial charge in [0, 0.05) is 17.6 Å². The van der Waals surface area contributed by atoms with Crippen molar-refractivity contribution in [2.24, 2.45) is 0 Å². The van der Waals surface area contributed by atoms with Crippen LogP contribution < -0.4 is 19.1 Å². The monoisotopic (exact) mass is 516 g/mol. The molecule has 2 heterocycles. The molecule has 4 rings (SSSR count). The van der Waals surface area contributed by atoms with E-state index in [1.807, 2.05) is 30.5 Å². The number of halogens is 1. The molecular weight excluding hydrogens is 492 g/mol. The molecular formula is C24H25BrN2O6. The van der Waals surface area contributed by atoms with Gasteiger partial charge in [0.2, 0.25) is 0 Å². The van der Waals surface area contributed by atoms with E-state index in [9.17, 15) is 14.7 Å². The Morgan fingerprint density at radius 3 is 2.55 bits per heavy atom.